The van der Waals surface area contributed by atoms with Gasteiger partial charge in [0, 0.05) is 34.9 Å². The summed E-state index contributed by atoms with van der Waals surface area (Å²) in [6.07, 6.45) is 3.87. The van der Waals surface area contributed by atoms with Crippen molar-refractivity contribution in [2.75, 3.05) is 6.54 Å². The molecule has 0 unspecified atom stereocenters. The van der Waals surface area contributed by atoms with Crippen molar-refractivity contribution in [3.8, 4) is 5.75 Å². The molecule has 20 heavy (non-hydrogen) atoms. The Hall–Kier alpha value is -1.33. The van der Waals surface area contributed by atoms with Gasteiger partial charge in [0.25, 0.3) is 0 Å². The third kappa shape index (κ3) is 4.08. The van der Waals surface area contributed by atoms with Gasteiger partial charge in [0.05, 0.1) is 6.20 Å². The minimum atomic E-state index is 0.542. The van der Waals surface area contributed by atoms with Crippen LogP contribution >= 0.6 is 15.9 Å². The van der Waals surface area contributed by atoms with Gasteiger partial charge in [-0.05, 0) is 31.7 Å². The molecule has 0 fully saturated rings. The predicted octanol–water partition coefficient (Wildman–Crippen LogP) is 3.35. The quantitative estimate of drug-likeness (QED) is 0.841. The highest BCUT2D eigenvalue weighted by Gasteiger charge is 2.06. The zero-order valence-electron chi connectivity index (χ0n) is 11.9. The van der Waals surface area contributed by atoms with E-state index in [1.807, 2.05) is 29.2 Å². The Balaban J connectivity index is 2.04. The molecule has 1 N–H and O–H groups in total. The minimum absolute atomic E-state index is 0.542. The summed E-state index contributed by atoms with van der Waals surface area (Å²) in [7, 11) is 0. The van der Waals surface area contributed by atoms with Crippen molar-refractivity contribution in [2.45, 2.75) is 33.5 Å². The largest absolute Gasteiger partial charge is 0.488 e. The average Bonchev–Trinajstić information content (AvgIpc) is 2.92. The van der Waals surface area contributed by atoms with Crippen molar-refractivity contribution >= 4 is 15.9 Å². The third-order valence-corrected chi connectivity index (χ3v) is 3.49. The normalized spacial score (nSPS) is 10.8. The number of hydrogen-bond donors (Lipinski definition) is 1. The molecule has 1 aromatic heterocycles. The summed E-state index contributed by atoms with van der Waals surface area (Å²) < 4.78 is 8.89. The van der Waals surface area contributed by atoms with Crippen LogP contribution in [-0.2, 0) is 19.7 Å². The molecule has 0 saturated heterocycles. The summed E-state index contributed by atoms with van der Waals surface area (Å²) >= 11 is 3.50. The standard InChI is InChI=1S/C15H20BrN3O/c1-3-17-9-13-7-14(16)5-6-15(13)20-11-12-8-18-19(4-2)10-12/h5-8,10,17H,3-4,9,11H2,1-2H3. The van der Waals surface area contributed by atoms with Gasteiger partial charge in [-0.1, -0.05) is 22.9 Å². The van der Waals surface area contributed by atoms with E-state index in [9.17, 15) is 0 Å². The van der Waals surface area contributed by atoms with Crippen LogP contribution in [0.1, 0.15) is 25.0 Å². The van der Waals surface area contributed by atoms with Crippen LogP contribution in [0.25, 0.3) is 0 Å². The first-order chi connectivity index (χ1) is 9.72. The van der Waals surface area contributed by atoms with Crippen LogP contribution in [0.3, 0.4) is 0 Å². The van der Waals surface area contributed by atoms with Gasteiger partial charge in [-0.15, -0.1) is 0 Å². The van der Waals surface area contributed by atoms with Gasteiger partial charge in [-0.25, -0.2) is 0 Å². The fraction of sp³-hybridized carbons (Fsp3) is 0.400. The van der Waals surface area contributed by atoms with Crippen LogP contribution in [0.2, 0.25) is 0 Å². The Bertz CT molecular complexity index is 554. The van der Waals surface area contributed by atoms with E-state index < -0.39 is 0 Å². The van der Waals surface area contributed by atoms with Crippen molar-refractivity contribution in [1.82, 2.24) is 15.1 Å². The fourth-order valence-corrected chi connectivity index (χ4v) is 2.31. The summed E-state index contributed by atoms with van der Waals surface area (Å²) in [6.45, 7) is 7.33. The number of halogens is 1. The zero-order chi connectivity index (χ0) is 14.4. The van der Waals surface area contributed by atoms with Gasteiger partial charge < -0.3 is 10.1 Å². The number of benzene rings is 1. The number of ether oxygens (including phenoxy) is 1. The van der Waals surface area contributed by atoms with Crippen LogP contribution in [-0.4, -0.2) is 16.3 Å². The summed E-state index contributed by atoms with van der Waals surface area (Å²) in [5.41, 5.74) is 2.24. The molecule has 4 nitrogen and oxygen atoms in total. The molecule has 2 rings (SSSR count). The minimum Gasteiger partial charge on any atom is -0.488 e. The maximum Gasteiger partial charge on any atom is 0.124 e. The summed E-state index contributed by atoms with van der Waals surface area (Å²) in [6, 6.07) is 6.09. The number of hydrogen-bond acceptors (Lipinski definition) is 3. The van der Waals surface area contributed by atoms with Crippen molar-refractivity contribution in [3.05, 3.63) is 46.2 Å². The Morgan fingerprint density at radius 2 is 2.20 bits per heavy atom. The molecule has 0 aliphatic carbocycles. The maximum absolute atomic E-state index is 5.92. The zero-order valence-corrected chi connectivity index (χ0v) is 13.5. The SMILES string of the molecule is CCNCc1cc(Br)ccc1OCc1cnn(CC)c1. The molecular weight excluding hydrogens is 318 g/mol. The lowest BCUT2D eigenvalue weighted by Crippen LogP contribution is -2.13. The molecule has 0 radical (unpaired) electrons. The van der Waals surface area contributed by atoms with Crippen LogP contribution in [0, 0.1) is 0 Å². The van der Waals surface area contributed by atoms with Crippen molar-refractivity contribution in [1.29, 1.82) is 0 Å². The average molecular weight is 338 g/mol. The van der Waals surface area contributed by atoms with E-state index in [0.29, 0.717) is 6.61 Å². The van der Waals surface area contributed by atoms with E-state index >= 15 is 0 Å². The van der Waals surface area contributed by atoms with E-state index in [0.717, 1.165) is 41.0 Å². The molecular formula is C15H20BrN3O. The number of nitrogens with one attached hydrogen (secondary N) is 1. The van der Waals surface area contributed by atoms with E-state index in [-0.39, 0.29) is 0 Å². The summed E-state index contributed by atoms with van der Waals surface area (Å²) in [5, 5.41) is 7.58. The molecule has 0 atom stereocenters. The first-order valence-corrected chi connectivity index (χ1v) is 7.65. The predicted molar refractivity (Wildman–Crippen MR) is 83.8 cm³/mol. The third-order valence-electron chi connectivity index (χ3n) is 2.99. The highest BCUT2D eigenvalue weighted by atomic mass is 79.9. The second kappa shape index (κ2) is 7.45. The van der Waals surface area contributed by atoms with Gasteiger partial charge in [-0.3, -0.25) is 4.68 Å². The lowest BCUT2D eigenvalue weighted by Gasteiger charge is -2.11. The Morgan fingerprint density at radius 3 is 2.90 bits per heavy atom. The Kier molecular flexibility index (Phi) is 5.61. The van der Waals surface area contributed by atoms with Crippen molar-refractivity contribution in [2.24, 2.45) is 0 Å². The van der Waals surface area contributed by atoms with Gasteiger partial charge in [0.15, 0.2) is 0 Å². The molecule has 2 aromatic rings. The maximum atomic E-state index is 5.92. The van der Waals surface area contributed by atoms with Crippen LogP contribution in [0.15, 0.2) is 35.1 Å². The highest BCUT2D eigenvalue weighted by molar-refractivity contribution is 9.10. The molecule has 0 spiro atoms. The second-order valence-electron chi connectivity index (χ2n) is 4.53. The number of rotatable bonds is 7. The number of nitrogens with zero attached hydrogens (tertiary/aromatic N) is 2. The molecule has 0 bridgehead atoms. The first kappa shape index (κ1) is 15.1. The highest BCUT2D eigenvalue weighted by Crippen LogP contribution is 2.24. The van der Waals surface area contributed by atoms with E-state index in [4.69, 9.17) is 4.74 Å². The van der Waals surface area contributed by atoms with Crippen LogP contribution < -0.4 is 10.1 Å². The fourth-order valence-electron chi connectivity index (χ4n) is 1.90. The monoisotopic (exact) mass is 337 g/mol. The number of aromatic nitrogens is 2. The summed E-state index contributed by atoms with van der Waals surface area (Å²) in [5.74, 6) is 0.915. The molecule has 0 aliphatic rings. The second-order valence-corrected chi connectivity index (χ2v) is 5.44. The van der Waals surface area contributed by atoms with Crippen molar-refractivity contribution in [3.63, 3.8) is 0 Å². The van der Waals surface area contributed by atoms with Crippen LogP contribution in [0.5, 0.6) is 5.75 Å². The molecule has 0 amide bonds. The molecule has 1 aromatic carbocycles. The van der Waals surface area contributed by atoms with Gasteiger partial charge in [0.2, 0.25) is 0 Å². The topological polar surface area (TPSA) is 39.1 Å². The molecule has 108 valence electrons. The lowest BCUT2D eigenvalue weighted by atomic mass is 10.2. The Labute approximate surface area is 128 Å². The summed E-state index contributed by atoms with van der Waals surface area (Å²) in [4.78, 5) is 0. The smallest absolute Gasteiger partial charge is 0.124 e. The van der Waals surface area contributed by atoms with Crippen LogP contribution in [0.4, 0.5) is 0 Å². The van der Waals surface area contributed by atoms with Gasteiger partial charge in [0.1, 0.15) is 12.4 Å². The van der Waals surface area contributed by atoms with Crippen molar-refractivity contribution < 1.29 is 4.74 Å². The van der Waals surface area contributed by atoms with E-state index in [1.54, 1.807) is 0 Å². The molecule has 1 heterocycles. The first-order valence-electron chi connectivity index (χ1n) is 6.86. The lowest BCUT2D eigenvalue weighted by molar-refractivity contribution is 0.302. The van der Waals surface area contributed by atoms with E-state index in [2.05, 4.69) is 46.3 Å². The molecule has 5 heteroatoms. The van der Waals surface area contributed by atoms with E-state index in [1.165, 1.54) is 0 Å². The number of aryl methyl sites for hydroxylation is 1. The van der Waals surface area contributed by atoms with Gasteiger partial charge >= 0.3 is 0 Å². The molecule has 0 aliphatic heterocycles. The Morgan fingerprint density at radius 1 is 1.35 bits per heavy atom. The molecule has 0 saturated carbocycles. The van der Waals surface area contributed by atoms with Gasteiger partial charge in [-0.2, -0.15) is 5.10 Å².